The molecule has 1 saturated heterocycles. The van der Waals surface area contributed by atoms with E-state index in [4.69, 9.17) is 5.73 Å². The summed E-state index contributed by atoms with van der Waals surface area (Å²) >= 11 is 2.97. The minimum absolute atomic E-state index is 0.146. The van der Waals surface area contributed by atoms with Crippen LogP contribution in [0.5, 0.6) is 0 Å². The number of nitrogens with two attached hydrogens (primary N) is 1. The molecule has 8 heteroatoms. The molecule has 1 fully saturated rings. The topological polar surface area (TPSA) is 84.1 Å². The van der Waals surface area contributed by atoms with E-state index in [-0.39, 0.29) is 5.91 Å². The molecule has 2 aromatic rings. The highest BCUT2D eigenvalue weighted by molar-refractivity contribution is 7.18. The highest BCUT2D eigenvalue weighted by atomic mass is 32.1. The zero-order chi connectivity index (χ0) is 14.7. The number of hydrogen-bond donors (Lipinski definition) is 2. The lowest BCUT2D eigenvalue weighted by atomic mass is 10.4. The van der Waals surface area contributed by atoms with Crippen LogP contribution in [0.15, 0.2) is 11.6 Å². The number of nitrogens with one attached hydrogen (secondary N) is 1. The molecule has 112 valence electrons. The van der Waals surface area contributed by atoms with Crippen LogP contribution in [0.3, 0.4) is 0 Å². The van der Waals surface area contributed by atoms with E-state index in [2.05, 4.69) is 20.2 Å². The summed E-state index contributed by atoms with van der Waals surface area (Å²) in [6.45, 7) is 2.55. The molecule has 3 heterocycles. The van der Waals surface area contributed by atoms with E-state index in [1.165, 1.54) is 24.2 Å². The third-order valence-corrected chi connectivity index (χ3v) is 5.30. The van der Waals surface area contributed by atoms with Crippen molar-refractivity contribution in [2.75, 3.05) is 30.3 Å². The fraction of sp³-hybridized carbons (Fsp3) is 0.462. The van der Waals surface area contributed by atoms with Crippen molar-refractivity contribution >= 4 is 39.5 Å². The maximum absolute atomic E-state index is 12.2. The third kappa shape index (κ3) is 3.33. The largest absolute Gasteiger partial charge is 0.382 e. The Kier molecular flexibility index (Phi) is 4.35. The molecule has 0 aromatic carbocycles. The van der Waals surface area contributed by atoms with E-state index in [0.29, 0.717) is 17.2 Å². The maximum Gasteiger partial charge on any atom is 0.265 e. The van der Waals surface area contributed by atoms with Crippen molar-refractivity contribution in [3.8, 4) is 0 Å². The van der Waals surface area contributed by atoms with Crippen LogP contribution < -0.4 is 16.0 Å². The third-order valence-electron chi connectivity index (χ3n) is 3.33. The molecule has 0 atom stereocenters. The summed E-state index contributed by atoms with van der Waals surface area (Å²) in [7, 11) is 0. The first-order valence-electron chi connectivity index (χ1n) is 6.92. The van der Waals surface area contributed by atoms with E-state index in [9.17, 15) is 4.79 Å². The van der Waals surface area contributed by atoms with Crippen molar-refractivity contribution in [1.82, 2.24) is 15.3 Å². The van der Waals surface area contributed by atoms with Crippen molar-refractivity contribution in [3.05, 3.63) is 21.5 Å². The number of rotatable bonds is 5. The van der Waals surface area contributed by atoms with Gasteiger partial charge in [0.25, 0.3) is 5.91 Å². The molecular weight excluding hydrogens is 306 g/mol. The zero-order valence-corrected chi connectivity index (χ0v) is 13.2. The van der Waals surface area contributed by atoms with Crippen LogP contribution >= 0.6 is 22.7 Å². The lowest BCUT2D eigenvalue weighted by Gasteiger charge is -2.11. The van der Waals surface area contributed by atoms with Gasteiger partial charge in [0, 0.05) is 37.6 Å². The molecule has 3 rings (SSSR count). The molecule has 0 aliphatic carbocycles. The monoisotopic (exact) mass is 323 g/mol. The van der Waals surface area contributed by atoms with Gasteiger partial charge < -0.3 is 16.0 Å². The summed E-state index contributed by atoms with van der Waals surface area (Å²) in [4.78, 5) is 23.4. The lowest BCUT2D eigenvalue weighted by molar-refractivity contribution is 0.0959. The van der Waals surface area contributed by atoms with E-state index in [1.54, 1.807) is 17.5 Å². The van der Waals surface area contributed by atoms with Crippen LogP contribution in [0, 0.1) is 0 Å². The van der Waals surface area contributed by atoms with Gasteiger partial charge in [-0.05, 0) is 12.8 Å². The first-order chi connectivity index (χ1) is 10.2. The van der Waals surface area contributed by atoms with Crippen molar-refractivity contribution in [3.63, 3.8) is 0 Å². The minimum atomic E-state index is -0.146. The van der Waals surface area contributed by atoms with E-state index in [1.807, 2.05) is 5.38 Å². The number of nitrogens with zero attached hydrogens (tertiary/aromatic N) is 3. The molecule has 6 nitrogen and oxygen atoms in total. The number of thiazole rings is 2. The number of amides is 1. The van der Waals surface area contributed by atoms with Crippen LogP contribution in [0.1, 0.15) is 27.5 Å². The molecule has 1 aliphatic heterocycles. The molecular formula is C13H17N5OS2. The average molecular weight is 323 g/mol. The smallest absolute Gasteiger partial charge is 0.265 e. The number of aromatic nitrogens is 2. The first kappa shape index (κ1) is 14.3. The van der Waals surface area contributed by atoms with E-state index < -0.39 is 0 Å². The average Bonchev–Trinajstić information content (AvgIpc) is 3.19. The minimum Gasteiger partial charge on any atom is -0.382 e. The van der Waals surface area contributed by atoms with Gasteiger partial charge in [-0.1, -0.05) is 11.3 Å². The van der Waals surface area contributed by atoms with Gasteiger partial charge in [0.2, 0.25) is 0 Å². The summed E-state index contributed by atoms with van der Waals surface area (Å²) in [5.74, 6) is 0.181. The fourth-order valence-electron chi connectivity index (χ4n) is 2.27. The van der Waals surface area contributed by atoms with Crippen molar-refractivity contribution in [2.24, 2.45) is 0 Å². The number of anilines is 2. The number of hydrogen-bond acceptors (Lipinski definition) is 7. The predicted octanol–water partition coefficient (Wildman–Crippen LogP) is 1.75. The van der Waals surface area contributed by atoms with Gasteiger partial charge in [0.05, 0.1) is 5.01 Å². The van der Waals surface area contributed by atoms with Gasteiger partial charge in [-0.3, -0.25) is 4.79 Å². The fourth-order valence-corrected chi connectivity index (χ4v) is 3.84. The molecule has 3 N–H and O–H groups in total. The normalized spacial score (nSPS) is 14.6. The number of carbonyl (C=O) groups is 1. The van der Waals surface area contributed by atoms with Crippen LogP contribution in [0.2, 0.25) is 0 Å². The van der Waals surface area contributed by atoms with Gasteiger partial charge in [-0.15, -0.1) is 11.3 Å². The first-order valence-corrected chi connectivity index (χ1v) is 8.61. The van der Waals surface area contributed by atoms with Gasteiger partial charge in [0.1, 0.15) is 10.7 Å². The summed E-state index contributed by atoms with van der Waals surface area (Å²) in [6, 6.07) is 0. The molecule has 1 aliphatic rings. The maximum atomic E-state index is 12.2. The second-order valence-electron chi connectivity index (χ2n) is 4.84. The summed E-state index contributed by atoms with van der Waals surface area (Å²) in [5.41, 5.74) is 5.88. The Bertz CT molecular complexity index is 604. The van der Waals surface area contributed by atoms with Gasteiger partial charge in [-0.25, -0.2) is 9.97 Å². The second-order valence-corrected chi connectivity index (χ2v) is 6.79. The highest BCUT2D eigenvalue weighted by Crippen LogP contribution is 2.30. The SMILES string of the molecule is Nc1nc(N2CCCC2)sc1C(=O)NCCc1nccs1. The van der Waals surface area contributed by atoms with E-state index in [0.717, 1.165) is 29.6 Å². The van der Waals surface area contributed by atoms with Gasteiger partial charge in [-0.2, -0.15) is 0 Å². The van der Waals surface area contributed by atoms with Crippen molar-refractivity contribution in [2.45, 2.75) is 19.3 Å². The second kappa shape index (κ2) is 6.40. The molecule has 0 saturated carbocycles. The Morgan fingerprint density at radius 1 is 1.43 bits per heavy atom. The molecule has 2 aromatic heterocycles. The quantitative estimate of drug-likeness (QED) is 0.876. The van der Waals surface area contributed by atoms with Crippen molar-refractivity contribution in [1.29, 1.82) is 0 Å². The Balaban J connectivity index is 1.58. The van der Waals surface area contributed by atoms with Crippen LogP contribution in [-0.4, -0.2) is 35.5 Å². The van der Waals surface area contributed by atoms with Gasteiger partial charge in [0.15, 0.2) is 5.13 Å². The number of nitrogen functional groups attached to an aromatic ring is 1. The van der Waals surface area contributed by atoms with Gasteiger partial charge >= 0.3 is 0 Å². The zero-order valence-electron chi connectivity index (χ0n) is 11.5. The predicted molar refractivity (Wildman–Crippen MR) is 86.1 cm³/mol. The molecule has 1 amide bonds. The molecule has 21 heavy (non-hydrogen) atoms. The van der Waals surface area contributed by atoms with Crippen LogP contribution in [0.4, 0.5) is 10.9 Å². The van der Waals surface area contributed by atoms with Crippen LogP contribution in [-0.2, 0) is 6.42 Å². The number of carbonyl (C=O) groups excluding carboxylic acids is 1. The standard InChI is InChI=1S/C13H17N5OS2/c14-11-10(21-13(17-11)18-6-1-2-7-18)12(19)16-4-3-9-15-5-8-20-9/h5,8H,1-4,6-7,14H2,(H,16,19). The Morgan fingerprint density at radius 2 is 2.24 bits per heavy atom. The summed E-state index contributed by atoms with van der Waals surface area (Å²) < 4.78 is 0. The van der Waals surface area contributed by atoms with Crippen molar-refractivity contribution < 1.29 is 4.79 Å². The molecule has 0 spiro atoms. The Hall–Kier alpha value is -1.67. The Morgan fingerprint density at radius 3 is 2.95 bits per heavy atom. The van der Waals surface area contributed by atoms with Crippen LogP contribution in [0.25, 0.3) is 0 Å². The summed E-state index contributed by atoms with van der Waals surface area (Å²) in [6.07, 6.45) is 4.86. The molecule has 0 unspecified atom stereocenters. The molecule has 0 bridgehead atoms. The molecule has 0 radical (unpaired) electrons. The Labute approximate surface area is 131 Å². The summed E-state index contributed by atoms with van der Waals surface area (Å²) in [5, 5.41) is 6.69. The highest BCUT2D eigenvalue weighted by Gasteiger charge is 2.21. The lowest BCUT2D eigenvalue weighted by Crippen LogP contribution is -2.25. The van der Waals surface area contributed by atoms with E-state index >= 15 is 0 Å².